The molecule has 1 saturated heterocycles. The third-order valence-corrected chi connectivity index (χ3v) is 5.63. The quantitative estimate of drug-likeness (QED) is 0.652. The van der Waals surface area contributed by atoms with Gasteiger partial charge < -0.3 is 9.32 Å². The highest BCUT2D eigenvalue weighted by Gasteiger charge is 2.35. The summed E-state index contributed by atoms with van der Waals surface area (Å²) < 4.78 is 31.8. The van der Waals surface area contributed by atoms with Crippen molar-refractivity contribution in [3.8, 4) is 21.1 Å². The van der Waals surface area contributed by atoms with E-state index in [1.54, 1.807) is 29.7 Å². The molecular weight excluding hydrogens is 358 g/mol. The van der Waals surface area contributed by atoms with Crippen LogP contribution < -0.4 is 0 Å². The fourth-order valence-electron chi connectivity index (χ4n) is 2.96. The van der Waals surface area contributed by atoms with Crippen LogP contribution >= 0.6 is 11.3 Å². The summed E-state index contributed by atoms with van der Waals surface area (Å²) in [5.74, 6) is -2.13. The van der Waals surface area contributed by atoms with Gasteiger partial charge in [0.25, 0.3) is 11.8 Å². The molecule has 1 aromatic carbocycles. The van der Waals surface area contributed by atoms with Crippen molar-refractivity contribution < 1.29 is 18.0 Å². The van der Waals surface area contributed by atoms with Gasteiger partial charge >= 0.3 is 0 Å². The van der Waals surface area contributed by atoms with Crippen molar-refractivity contribution in [1.29, 1.82) is 0 Å². The first-order valence-electron chi connectivity index (χ1n) is 8.28. The maximum atomic E-state index is 13.2. The number of alkyl halides is 2. The monoisotopic (exact) mass is 374 g/mol. The van der Waals surface area contributed by atoms with Crippen molar-refractivity contribution in [3.05, 3.63) is 54.6 Å². The van der Waals surface area contributed by atoms with Gasteiger partial charge in [0.2, 0.25) is 0 Å². The smallest absolute Gasteiger partial charge is 0.253 e. The van der Waals surface area contributed by atoms with Crippen LogP contribution in [0.2, 0.25) is 0 Å². The lowest BCUT2D eigenvalue weighted by atomic mass is 10.0. The molecule has 1 fully saturated rings. The number of rotatable bonds is 3. The summed E-state index contributed by atoms with van der Waals surface area (Å²) in [7, 11) is 0. The number of carbonyl (C=O) groups is 1. The minimum absolute atomic E-state index is 0.0963. The Morgan fingerprint density at radius 1 is 1.08 bits per heavy atom. The first-order chi connectivity index (χ1) is 12.5. The number of thiophene rings is 1. The Balaban J connectivity index is 1.48. The molecule has 0 radical (unpaired) electrons. The molecule has 7 heteroatoms. The number of hydrogen-bond donors (Lipinski definition) is 0. The van der Waals surface area contributed by atoms with Gasteiger partial charge in [0.05, 0.1) is 11.1 Å². The van der Waals surface area contributed by atoms with E-state index in [0.29, 0.717) is 5.56 Å². The highest BCUT2D eigenvalue weighted by molar-refractivity contribution is 7.18. The van der Waals surface area contributed by atoms with Gasteiger partial charge in [0.1, 0.15) is 0 Å². The number of halogens is 2. The molecule has 4 rings (SSSR count). The molecule has 0 bridgehead atoms. The first-order valence-corrected chi connectivity index (χ1v) is 9.10. The third kappa shape index (κ3) is 3.39. The molecule has 1 aliphatic heterocycles. The van der Waals surface area contributed by atoms with E-state index in [1.165, 1.54) is 11.3 Å². The summed E-state index contributed by atoms with van der Waals surface area (Å²) in [5.41, 5.74) is 1.51. The van der Waals surface area contributed by atoms with Gasteiger partial charge in [-0.25, -0.2) is 13.8 Å². The molecule has 0 unspecified atom stereocenters. The minimum atomic E-state index is -2.65. The predicted molar refractivity (Wildman–Crippen MR) is 95.3 cm³/mol. The van der Waals surface area contributed by atoms with Crippen LogP contribution in [-0.4, -0.2) is 34.8 Å². The molecule has 3 heterocycles. The molecule has 0 N–H and O–H groups in total. The van der Waals surface area contributed by atoms with Crippen molar-refractivity contribution in [1.82, 2.24) is 9.88 Å². The maximum absolute atomic E-state index is 13.2. The van der Waals surface area contributed by atoms with Gasteiger partial charge in [-0.3, -0.25) is 4.79 Å². The van der Waals surface area contributed by atoms with Crippen molar-refractivity contribution in [2.24, 2.45) is 0 Å². The number of carbonyl (C=O) groups excluding carboxylic acids is 1. The molecule has 0 atom stereocenters. The summed E-state index contributed by atoms with van der Waals surface area (Å²) in [4.78, 5) is 19.9. The van der Waals surface area contributed by atoms with E-state index in [2.05, 4.69) is 4.98 Å². The average molecular weight is 374 g/mol. The summed E-state index contributed by atoms with van der Waals surface area (Å²) >= 11 is 1.57. The van der Waals surface area contributed by atoms with Gasteiger partial charge in [-0.1, -0.05) is 12.1 Å². The van der Waals surface area contributed by atoms with Gasteiger partial charge in [-0.2, -0.15) is 0 Å². The van der Waals surface area contributed by atoms with E-state index >= 15 is 0 Å². The predicted octanol–water partition coefficient (Wildman–Crippen LogP) is 4.94. The van der Waals surface area contributed by atoms with Crippen LogP contribution in [0.5, 0.6) is 0 Å². The number of hydrogen-bond acceptors (Lipinski definition) is 4. The largest absolute Gasteiger partial charge is 0.443 e. The Kier molecular flexibility index (Phi) is 4.32. The fourth-order valence-corrected chi connectivity index (χ4v) is 3.92. The SMILES string of the molecule is O=C(c1ccc(-c2ccc(-c3cnco3)s2)cc1)N1CCC(F)(F)CC1. The van der Waals surface area contributed by atoms with Crippen LogP contribution in [0.3, 0.4) is 0 Å². The molecule has 3 aromatic rings. The second-order valence-corrected chi connectivity index (χ2v) is 7.34. The average Bonchev–Trinajstić information content (AvgIpc) is 3.33. The van der Waals surface area contributed by atoms with E-state index in [0.717, 1.165) is 21.1 Å². The Labute approximate surface area is 153 Å². The van der Waals surface area contributed by atoms with Crippen molar-refractivity contribution in [2.45, 2.75) is 18.8 Å². The third-order valence-electron chi connectivity index (χ3n) is 4.48. The van der Waals surface area contributed by atoms with Gasteiger partial charge in [-0.15, -0.1) is 11.3 Å². The van der Waals surface area contributed by atoms with Gasteiger partial charge in [0.15, 0.2) is 12.2 Å². The lowest BCUT2D eigenvalue weighted by Gasteiger charge is -2.31. The Bertz CT molecular complexity index is 894. The molecule has 2 aromatic heterocycles. The van der Waals surface area contributed by atoms with Crippen molar-refractivity contribution in [2.75, 3.05) is 13.1 Å². The zero-order chi connectivity index (χ0) is 18.1. The van der Waals surface area contributed by atoms with E-state index in [4.69, 9.17) is 4.42 Å². The first kappa shape index (κ1) is 16.9. The second kappa shape index (κ2) is 6.64. The molecule has 1 amide bonds. The summed E-state index contributed by atoms with van der Waals surface area (Å²) in [6, 6.07) is 11.2. The molecular formula is C19H16F2N2O2S. The number of amides is 1. The zero-order valence-corrected chi connectivity index (χ0v) is 14.6. The normalized spacial score (nSPS) is 16.6. The summed E-state index contributed by atoms with van der Waals surface area (Å²) in [6.07, 6.45) is 2.53. The summed E-state index contributed by atoms with van der Waals surface area (Å²) in [5, 5.41) is 0. The topological polar surface area (TPSA) is 46.3 Å². The van der Waals surface area contributed by atoms with Crippen LogP contribution in [0.4, 0.5) is 8.78 Å². The lowest BCUT2D eigenvalue weighted by molar-refractivity contribution is -0.0494. The number of nitrogens with zero attached hydrogens (tertiary/aromatic N) is 2. The Hall–Kier alpha value is -2.54. The van der Waals surface area contributed by atoms with Crippen LogP contribution in [0.1, 0.15) is 23.2 Å². The second-order valence-electron chi connectivity index (χ2n) is 6.26. The van der Waals surface area contributed by atoms with E-state index in [-0.39, 0.29) is 31.8 Å². The maximum Gasteiger partial charge on any atom is 0.253 e. The highest BCUT2D eigenvalue weighted by Crippen LogP contribution is 2.34. The van der Waals surface area contributed by atoms with Crippen molar-refractivity contribution in [3.63, 3.8) is 0 Å². The van der Waals surface area contributed by atoms with Gasteiger partial charge in [0, 0.05) is 36.4 Å². The van der Waals surface area contributed by atoms with Crippen LogP contribution in [0.25, 0.3) is 21.1 Å². The number of likely N-dealkylation sites (tertiary alicyclic amines) is 1. The number of aromatic nitrogens is 1. The van der Waals surface area contributed by atoms with Crippen molar-refractivity contribution >= 4 is 17.2 Å². The molecule has 26 heavy (non-hydrogen) atoms. The molecule has 4 nitrogen and oxygen atoms in total. The molecule has 0 spiro atoms. The zero-order valence-electron chi connectivity index (χ0n) is 13.8. The van der Waals surface area contributed by atoms with Gasteiger partial charge in [-0.05, 0) is 29.8 Å². The molecule has 0 aliphatic carbocycles. The minimum Gasteiger partial charge on any atom is -0.443 e. The number of benzene rings is 1. The van der Waals surface area contributed by atoms with E-state index in [1.807, 2.05) is 24.3 Å². The van der Waals surface area contributed by atoms with Crippen LogP contribution in [0, 0.1) is 0 Å². The number of oxazole rings is 1. The standard InChI is InChI=1S/C19H16F2N2O2S/c20-19(21)7-9-23(10-8-19)18(24)14-3-1-13(2-4-14)16-5-6-17(26-16)15-11-22-12-25-15/h1-6,11-12H,7-10H2. The highest BCUT2D eigenvalue weighted by atomic mass is 32.1. The molecule has 134 valence electrons. The van der Waals surface area contributed by atoms with E-state index in [9.17, 15) is 13.6 Å². The van der Waals surface area contributed by atoms with E-state index < -0.39 is 5.92 Å². The van der Waals surface area contributed by atoms with Crippen LogP contribution in [-0.2, 0) is 0 Å². The number of piperidine rings is 1. The van der Waals surface area contributed by atoms with Crippen LogP contribution in [0.15, 0.2) is 53.4 Å². The lowest BCUT2D eigenvalue weighted by Crippen LogP contribution is -2.42. The Morgan fingerprint density at radius 2 is 1.77 bits per heavy atom. The summed E-state index contributed by atoms with van der Waals surface area (Å²) in [6.45, 7) is 0.193. The molecule has 0 saturated carbocycles. The molecule has 1 aliphatic rings. The Morgan fingerprint density at radius 3 is 2.42 bits per heavy atom. The fraction of sp³-hybridized carbons (Fsp3) is 0.263.